The summed E-state index contributed by atoms with van der Waals surface area (Å²) >= 11 is 0. The van der Waals surface area contributed by atoms with Crippen LogP contribution in [0.5, 0.6) is 0 Å². The van der Waals surface area contributed by atoms with Gasteiger partial charge in [-0.25, -0.2) is 24.2 Å². The van der Waals surface area contributed by atoms with Crippen molar-refractivity contribution in [2.75, 3.05) is 44.2 Å². The van der Waals surface area contributed by atoms with Crippen LogP contribution < -0.4 is 4.90 Å². The van der Waals surface area contributed by atoms with Gasteiger partial charge in [0.2, 0.25) is 11.8 Å². The number of piperazine rings is 1. The van der Waals surface area contributed by atoms with Crippen LogP contribution >= 0.6 is 0 Å². The molecule has 3 aliphatic rings. The number of hydrogen-bond donors (Lipinski definition) is 4. The van der Waals surface area contributed by atoms with E-state index in [0.717, 1.165) is 76.9 Å². The number of carboxylic acids is 4. The summed E-state index contributed by atoms with van der Waals surface area (Å²) in [6, 6.07) is 5.94. The molecule has 3 unspecified atom stereocenters. The Balaban J connectivity index is 0.000000526. The molecule has 0 spiro atoms. The summed E-state index contributed by atoms with van der Waals surface area (Å²) in [5, 5.41) is 31.2. The number of esters is 1. The van der Waals surface area contributed by atoms with Crippen LogP contribution in [-0.2, 0) is 38.3 Å². The molecule has 54 heavy (non-hydrogen) atoms. The maximum Gasteiger partial charge on any atom is 0.328 e. The van der Waals surface area contributed by atoms with Crippen LogP contribution in [0.1, 0.15) is 84.0 Å². The highest BCUT2D eigenvalue weighted by atomic mass is 16.5. The third-order valence-corrected chi connectivity index (χ3v) is 9.15. The number of imide groups is 1. The third kappa shape index (κ3) is 17.6. The van der Waals surface area contributed by atoms with E-state index in [2.05, 4.69) is 21.7 Å². The van der Waals surface area contributed by atoms with E-state index in [4.69, 9.17) is 25.2 Å². The number of hydrogen-bond acceptors (Lipinski definition) is 11. The molecule has 298 valence electrons. The van der Waals surface area contributed by atoms with Crippen molar-refractivity contribution in [3.63, 3.8) is 0 Å². The Kier molecular flexibility index (Phi) is 20.8. The van der Waals surface area contributed by atoms with Gasteiger partial charge in [0, 0.05) is 69.6 Å². The van der Waals surface area contributed by atoms with Crippen LogP contribution in [0.3, 0.4) is 0 Å². The molecule has 3 fully saturated rings. The number of carbonyl (C=O) groups excluding carboxylic acids is 3. The Labute approximate surface area is 315 Å². The van der Waals surface area contributed by atoms with Gasteiger partial charge in [-0.3, -0.25) is 24.2 Å². The van der Waals surface area contributed by atoms with E-state index in [9.17, 15) is 33.6 Å². The van der Waals surface area contributed by atoms with E-state index >= 15 is 0 Å². The monoisotopic (exact) mass is 758 g/mol. The van der Waals surface area contributed by atoms with E-state index in [1.54, 1.807) is 0 Å². The van der Waals surface area contributed by atoms with Crippen LogP contribution in [0, 0.1) is 11.8 Å². The topological polar surface area (TPSA) is 232 Å². The summed E-state index contributed by atoms with van der Waals surface area (Å²) in [7, 11) is 0. The fraction of sp³-hybridized carbons (Fsp3) is 0.579. The van der Waals surface area contributed by atoms with Crippen LogP contribution in [0.4, 0.5) is 5.82 Å². The first kappa shape index (κ1) is 45.0. The van der Waals surface area contributed by atoms with Gasteiger partial charge in [-0.05, 0) is 31.4 Å². The molecule has 4 N–H and O–H groups in total. The molecule has 1 aromatic heterocycles. The fourth-order valence-electron chi connectivity index (χ4n) is 6.49. The number of amides is 2. The second-order valence-corrected chi connectivity index (χ2v) is 13.3. The Morgan fingerprint density at radius 3 is 1.70 bits per heavy atom. The van der Waals surface area contributed by atoms with Gasteiger partial charge >= 0.3 is 29.8 Å². The average molecular weight is 759 g/mol. The molecule has 16 heteroatoms. The number of ether oxygens (including phenoxy) is 1. The lowest BCUT2D eigenvalue weighted by Crippen LogP contribution is -2.51. The molecule has 1 aromatic rings. The highest BCUT2D eigenvalue weighted by molar-refractivity contribution is 6.05. The van der Waals surface area contributed by atoms with Gasteiger partial charge in [-0.2, -0.15) is 0 Å². The van der Waals surface area contributed by atoms with Gasteiger partial charge in [0.05, 0.1) is 18.4 Å². The van der Waals surface area contributed by atoms with E-state index in [1.807, 2.05) is 24.4 Å². The first-order valence-electron chi connectivity index (χ1n) is 18.5. The Morgan fingerprint density at radius 1 is 0.741 bits per heavy atom. The smallest absolute Gasteiger partial charge is 0.328 e. The number of likely N-dealkylation sites (tertiary alicyclic amines) is 1. The molecule has 1 saturated carbocycles. The molecule has 2 aliphatic heterocycles. The number of aliphatic carboxylic acids is 4. The number of aromatic nitrogens is 1. The van der Waals surface area contributed by atoms with Crippen LogP contribution in [0.15, 0.2) is 48.7 Å². The first-order valence-corrected chi connectivity index (χ1v) is 18.5. The molecule has 2 saturated heterocycles. The zero-order valence-corrected chi connectivity index (χ0v) is 30.9. The van der Waals surface area contributed by atoms with Gasteiger partial charge in [0.1, 0.15) is 11.9 Å². The lowest BCUT2D eigenvalue weighted by Gasteiger charge is -2.37. The number of nitrogens with zero attached hydrogens (tertiary/aromatic N) is 4. The second kappa shape index (κ2) is 25.0. The van der Waals surface area contributed by atoms with Gasteiger partial charge in [0.25, 0.3) is 0 Å². The minimum Gasteiger partial charge on any atom is -0.478 e. The summed E-state index contributed by atoms with van der Waals surface area (Å²) in [6.07, 6.45) is 15.5. The normalized spacial score (nSPS) is 19.0. The molecule has 16 nitrogen and oxygen atoms in total. The SMILES string of the molecule is CCCCCCCCCC(=O)OC(CN1CCN(c2ccccn2)CC1)CN1C(=O)C2CCCCC2C1=O.O=C(O)/C=C/C(=O)O.O=C(O)/C=C/C(=O)O. The molecular weight excluding hydrogens is 704 g/mol. The summed E-state index contributed by atoms with van der Waals surface area (Å²) in [6.45, 7) is 6.22. The zero-order chi connectivity index (χ0) is 39.9. The molecule has 4 rings (SSSR count). The average Bonchev–Trinajstić information content (AvgIpc) is 3.38. The number of carbonyl (C=O) groups is 7. The maximum absolute atomic E-state index is 13.1. The summed E-state index contributed by atoms with van der Waals surface area (Å²) in [4.78, 5) is 87.7. The van der Waals surface area contributed by atoms with Gasteiger partial charge in [-0.1, -0.05) is 64.4 Å². The minimum atomic E-state index is -1.26. The lowest BCUT2D eigenvalue weighted by atomic mass is 9.81. The Morgan fingerprint density at radius 2 is 1.24 bits per heavy atom. The Bertz CT molecular complexity index is 1350. The highest BCUT2D eigenvalue weighted by Gasteiger charge is 2.48. The zero-order valence-electron chi connectivity index (χ0n) is 30.9. The predicted octanol–water partition coefficient (Wildman–Crippen LogP) is 3.85. The van der Waals surface area contributed by atoms with Gasteiger partial charge in [-0.15, -0.1) is 0 Å². The minimum absolute atomic E-state index is 0.0622. The molecule has 1 aliphatic carbocycles. The molecule has 2 amide bonds. The third-order valence-electron chi connectivity index (χ3n) is 9.15. The van der Waals surface area contributed by atoms with Crippen LogP contribution in [-0.4, -0.2) is 122 Å². The molecule has 0 bridgehead atoms. The van der Waals surface area contributed by atoms with E-state index in [0.29, 0.717) is 37.3 Å². The van der Waals surface area contributed by atoms with Crippen LogP contribution in [0.25, 0.3) is 0 Å². The Hall–Kier alpha value is -5.12. The molecule has 3 atom stereocenters. The summed E-state index contributed by atoms with van der Waals surface area (Å²) < 4.78 is 5.97. The fourth-order valence-corrected chi connectivity index (χ4v) is 6.49. The summed E-state index contributed by atoms with van der Waals surface area (Å²) in [5.41, 5.74) is 0. The van der Waals surface area contributed by atoms with Crippen molar-refractivity contribution in [2.24, 2.45) is 11.8 Å². The van der Waals surface area contributed by atoms with E-state index in [1.165, 1.54) is 30.6 Å². The molecular formula is C38H54N4O12. The number of carboxylic acid groups (broad SMARTS) is 4. The number of rotatable bonds is 18. The predicted molar refractivity (Wildman–Crippen MR) is 196 cm³/mol. The van der Waals surface area contributed by atoms with Crippen molar-refractivity contribution in [1.29, 1.82) is 0 Å². The first-order chi connectivity index (χ1) is 25.8. The van der Waals surface area contributed by atoms with E-state index < -0.39 is 30.0 Å². The number of anilines is 1. The van der Waals surface area contributed by atoms with Crippen molar-refractivity contribution >= 4 is 47.5 Å². The molecule has 3 heterocycles. The number of fused-ring (bicyclic) bond motifs is 1. The van der Waals surface area contributed by atoms with Crippen LogP contribution in [0.2, 0.25) is 0 Å². The van der Waals surface area contributed by atoms with Crippen molar-refractivity contribution in [3.8, 4) is 0 Å². The van der Waals surface area contributed by atoms with Crippen molar-refractivity contribution in [3.05, 3.63) is 48.7 Å². The van der Waals surface area contributed by atoms with Crippen molar-refractivity contribution in [2.45, 2.75) is 90.1 Å². The van der Waals surface area contributed by atoms with Gasteiger partial charge in [0.15, 0.2) is 0 Å². The van der Waals surface area contributed by atoms with Crippen molar-refractivity contribution < 1.29 is 58.7 Å². The summed E-state index contributed by atoms with van der Waals surface area (Å²) in [5.74, 6) is -4.75. The standard InChI is InChI=1S/C30H46N4O4.2C4H4O4/c1-2-3-4-5-6-7-8-16-28(35)38-24(23-34-29(36)25-13-9-10-14-26(25)30(34)37)22-32-18-20-33(21-19-32)27-15-11-12-17-31-27;2*5-3(6)1-2-4(7)8/h11-12,15,17,24-26H,2-10,13-14,16,18-23H2,1H3;2*1-2H,(H,5,6)(H,7,8)/b;2*2-1+. The molecule has 0 radical (unpaired) electrons. The quantitative estimate of drug-likeness (QED) is 0.0721. The molecule has 0 aromatic carbocycles. The highest BCUT2D eigenvalue weighted by Crippen LogP contribution is 2.38. The van der Waals surface area contributed by atoms with Gasteiger partial charge < -0.3 is 30.1 Å². The largest absolute Gasteiger partial charge is 0.478 e. The van der Waals surface area contributed by atoms with Crippen molar-refractivity contribution in [1.82, 2.24) is 14.8 Å². The number of unbranched alkanes of at least 4 members (excludes halogenated alkanes) is 6. The number of pyridine rings is 1. The maximum atomic E-state index is 13.1. The lowest BCUT2D eigenvalue weighted by molar-refractivity contribution is -0.155. The second-order valence-electron chi connectivity index (χ2n) is 13.3. The van der Waals surface area contributed by atoms with E-state index in [-0.39, 0.29) is 36.2 Å².